The van der Waals surface area contributed by atoms with E-state index in [1.165, 1.54) is 6.92 Å². The van der Waals surface area contributed by atoms with E-state index in [1.807, 2.05) is 0 Å². The molecule has 3 saturated heterocycles. The van der Waals surface area contributed by atoms with Crippen LogP contribution in [0.2, 0.25) is 0 Å². The highest BCUT2D eigenvalue weighted by Gasteiger charge is 2.51. The lowest BCUT2D eigenvalue weighted by Gasteiger charge is -2.47. The molecule has 3 rings (SSSR count). The molecular weight excluding hydrogens is 428 g/mol. The monoisotopic (exact) mass is 458 g/mol. The molecule has 0 spiro atoms. The fraction of sp³-hybridized carbons (Fsp3) is 1.00. The molecule has 182 valence electrons. The van der Waals surface area contributed by atoms with Crippen molar-refractivity contribution >= 4 is 0 Å². The van der Waals surface area contributed by atoms with Gasteiger partial charge in [0.2, 0.25) is 0 Å². The van der Waals surface area contributed by atoms with Crippen molar-refractivity contribution in [2.45, 2.75) is 92.9 Å². The number of rotatable bonds is 5. The maximum atomic E-state index is 10.6. The molecule has 0 aliphatic carbocycles. The summed E-state index contributed by atoms with van der Waals surface area (Å²) in [6.07, 6.45) is -21.4. The molecule has 14 nitrogen and oxygen atoms in total. The highest BCUT2D eigenvalue weighted by Crippen LogP contribution is 2.31. The molecule has 3 heterocycles. The van der Waals surface area contributed by atoms with E-state index in [1.54, 1.807) is 0 Å². The van der Waals surface area contributed by atoms with Crippen LogP contribution >= 0.6 is 0 Å². The zero-order valence-electron chi connectivity index (χ0n) is 16.6. The van der Waals surface area contributed by atoms with Gasteiger partial charge in [0, 0.05) is 0 Å². The van der Waals surface area contributed by atoms with E-state index in [2.05, 4.69) is 0 Å². The lowest BCUT2D eigenvalue weighted by Crippen LogP contribution is -2.65. The van der Waals surface area contributed by atoms with Crippen LogP contribution in [0.4, 0.5) is 0 Å². The van der Waals surface area contributed by atoms with Crippen LogP contribution in [-0.4, -0.2) is 145 Å². The Morgan fingerprint density at radius 2 is 1.32 bits per heavy atom. The highest BCUT2D eigenvalue weighted by atomic mass is 16.7. The smallest absolute Gasteiger partial charge is 0.187 e. The van der Waals surface area contributed by atoms with Crippen molar-refractivity contribution in [3.05, 3.63) is 0 Å². The van der Waals surface area contributed by atoms with Crippen LogP contribution in [0.3, 0.4) is 0 Å². The molecule has 0 aromatic rings. The van der Waals surface area contributed by atoms with Crippen molar-refractivity contribution in [2.75, 3.05) is 13.2 Å². The predicted octanol–water partition coefficient (Wildman–Crippen LogP) is -5.91. The van der Waals surface area contributed by atoms with Crippen molar-refractivity contribution in [3.8, 4) is 0 Å². The second-order valence-electron chi connectivity index (χ2n) is 7.87. The Morgan fingerprint density at radius 3 is 1.97 bits per heavy atom. The number of ether oxygens (including phenoxy) is 5. The molecule has 0 amide bonds. The van der Waals surface area contributed by atoms with Gasteiger partial charge in [0.15, 0.2) is 18.9 Å². The summed E-state index contributed by atoms with van der Waals surface area (Å²) in [4.78, 5) is 0. The van der Waals surface area contributed by atoms with Gasteiger partial charge < -0.3 is 69.6 Å². The molecule has 9 N–H and O–H groups in total. The molecule has 1 unspecified atom stereocenters. The average molecular weight is 458 g/mol. The van der Waals surface area contributed by atoms with Gasteiger partial charge in [0.25, 0.3) is 0 Å². The summed E-state index contributed by atoms with van der Waals surface area (Å²) < 4.78 is 26.4. The third-order valence-electron chi connectivity index (χ3n) is 5.66. The minimum Gasteiger partial charge on any atom is -0.394 e. The van der Waals surface area contributed by atoms with Crippen LogP contribution in [0.1, 0.15) is 6.92 Å². The van der Waals surface area contributed by atoms with Gasteiger partial charge in [-0.15, -0.1) is 0 Å². The van der Waals surface area contributed by atoms with Gasteiger partial charge in [-0.1, -0.05) is 0 Å². The molecule has 3 aliphatic rings. The summed E-state index contributed by atoms with van der Waals surface area (Å²) in [5.74, 6) is 0. The molecule has 0 radical (unpaired) electrons. The van der Waals surface area contributed by atoms with Crippen LogP contribution in [0.5, 0.6) is 0 Å². The van der Waals surface area contributed by atoms with E-state index in [9.17, 15) is 46.0 Å². The quantitative estimate of drug-likeness (QED) is 0.187. The van der Waals surface area contributed by atoms with Crippen molar-refractivity contribution in [1.29, 1.82) is 0 Å². The fourth-order valence-electron chi connectivity index (χ4n) is 3.69. The molecule has 0 bridgehead atoms. The SMILES string of the molecule is C[C@@H]1O[C@@H](O[C@@H]2C(O)OC[C@@H](O)[C@H]2O)[C@H](O)[C@H](O[C@@H]2O[C@H](CO)[C@@H](O)[C@H](O)[C@H]2O)[C@H]1O. The van der Waals surface area contributed by atoms with Crippen molar-refractivity contribution < 1.29 is 69.6 Å². The Morgan fingerprint density at radius 1 is 0.710 bits per heavy atom. The summed E-state index contributed by atoms with van der Waals surface area (Å²) >= 11 is 0. The van der Waals surface area contributed by atoms with Gasteiger partial charge in [-0.05, 0) is 6.92 Å². The van der Waals surface area contributed by atoms with E-state index >= 15 is 0 Å². The molecule has 14 heteroatoms. The number of hydrogen-bond donors (Lipinski definition) is 9. The first-order chi connectivity index (χ1) is 14.6. The second-order valence-corrected chi connectivity index (χ2v) is 7.87. The largest absolute Gasteiger partial charge is 0.394 e. The van der Waals surface area contributed by atoms with Crippen LogP contribution in [0.15, 0.2) is 0 Å². The van der Waals surface area contributed by atoms with Crippen LogP contribution in [0, 0.1) is 0 Å². The predicted molar refractivity (Wildman–Crippen MR) is 93.8 cm³/mol. The zero-order valence-corrected chi connectivity index (χ0v) is 16.6. The van der Waals surface area contributed by atoms with Crippen LogP contribution in [-0.2, 0) is 23.7 Å². The minimum atomic E-state index is -1.78. The highest BCUT2D eigenvalue weighted by molar-refractivity contribution is 4.94. The van der Waals surface area contributed by atoms with Gasteiger partial charge >= 0.3 is 0 Å². The summed E-state index contributed by atoms with van der Waals surface area (Å²) in [7, 11) is 0. The van der Waals surface area contributed by atoms with Crippen molar-refractivity contribution in [1.82, 2.24) is 0 Å². The minimum absolute atomic E-state index is 0.339. The van der Waals surface area contributed by atoms with Gasteiger partial charge in [0.1, 0.15) is 61.0 Å². The normalized spacial score (nSPS) is 54.0. The van der Waals surface area contributed by atoms with E-state index < -0.39 is 92.6 Å². The van der Waals surface area contributed by atoms with Gasteiger partial charge in [0.05, 0.1) is 19.3 Å². The second kappa shape index (κ2) is 10.1. The Balaban J connectivity index is 1.72. The molecular formula is C17H30O14. The first-order valence-corrected chi connectivity index (χ1v) is 9.85. The van der Waals surface area contributed by atoms with E-state index in [4.69, 9.17) is 23.7 Å². The maximum Gasteiger partial charge on any atom is 0.187 e. The Kier molecular flexibility index (Phi) is 8.21. The first-order valence-electron chi connectivity index (χ1n) is 9.85. The summed E-state index contributed by atoms with van der Waals surface area (Å²) in [5, 5.41) is 89.9. The number of aliphatic hydroxyl groups excluding tert-OH is 9. The molecule has 0 aromatic heterocycles. The lowest BCUT2D eigenvalue weighted by atomic mass is 9.97. The molecule has 3 fully saturated rings. The van der Waals surface area contributed by atoms with E-state index in [-0.39, 0.29) is 6.61 Å². The molecule has 31 heavy (non-hydrogen) atoms. The van der Waals surface area contributed by atoms with E-state index in [0.717, 1.165) is 0 Å². The molecule has 3 aliphatic heterocycles. The summed E-state index contributed by atoms with van der Waals surface area (Å²) in [6, 6.07) is 0. The Bertz CT molecular complexity index is 579. The summed E-state index contributed by atoms with van der Waals surface area (Å²) in [6.45, 7) is 0.371. The zero-order chi connectivity index (χ0) is 23.0. The van der Waals surface area contributed by atoms with Crippen LogP contribution < -0.4 is 0 Å². The topological polar surface area (TPSA) is 228 Å². The van der Waals surface area contributed by atoms with Gasteiger partial charge in [-0.2, -0.15) is 0 Å². The average Bonchev–Trinajstić information content (AvgIpc) is 2.74. The lowest BCUT2D eigenvalue weighted by molar-refractivity contribution is -0.375. The number of hydrogen-bond acceptors (Lipinski definition) is 14. The number of aliphatic hydroxyl groups is 9. The molecule has 0 aromatic carbocycles. The van der Waals surface area contributed by atoms with Crippen molar-refractivity contribution in [2.24, 2.45) is 0 Å². The molecule has 0 saturated carbocycles. The standard InChI is InChI=1S/C17H30O14/c1-4-7(20)13(30-16-11(24)10(23)9(22)6(2-18)29-16)12(25)17(28-4)31-14-8(21)5(19)3-27-15(14)26/h4-26H,2-3H2,1H3/t4-,5+,6+,7-,8+,9+,10-,11+,12+,13+,14-,15?,16-,17-/m0/s1. The maximum absolute atomic E-state index is 10.6. The third-order valence-corrected chi connectivity index (χ3v) is 5.66. The van der Waals surface area contributed by atoms with Crippen LogP contribution in [0.25, 0.3) is 0 Å². The third kappa shape index (κ3) is 5.02. The fourth-order valence-corrected chi connectivity index (χ4v) is 3.69. The molecule has 14 atom stereocenters. The van der Waals surface area contributed by atoms with E-state index in [0.29, 0.717) is 0 Å². The first kappa shape index (κ1) is 25.1. The van der Waals surface area contributed by atoms with Crippen molar-refractivity contribution in [3.63, 3.8) is 0 Å². The van der Waals surface area contributed by atoms with Gasteiger partial charge in [-0.25, -0.2) is 0 Å². The van der Waals surface area contributed by atoms with Gasteiger partial charge in [-0.3, -0.25) is 0 Å². The summed E-state index contributed by atoms with van der Waals surface area (Å²) in [5.41, 5.74) is 0. The Hall–Kier alpha value is -0.560. The Labute approximate surface area is 176 Å².